The van der Waals surface area contributed by atoms with Crippen LogP contribution in [-0.4, -0.2) is 18.5 Å². The van der Waals surface area contributed by atoms with Gasteiger partial charge in [0, 0.05) is 10.6 Å². The van der Waals surface area contributed by atoms with Gasteiger partial charge in [0.2, 0.25) is 5.90 Å². The minimum atomic E-state index is -0.489. The Morgan fingerprint density at radius 3 is 2.48 bits per heavy atom. The van der Waals surface area contributed by atoms with Crippen LogP contribution < -0.4 is 9.47 Å². The number of esters is 1. The van der Waals surface area contributed by atoms with Crippen LogP contribution >= 0.6 is 11.6 Å². The second-order valence-electron chi connectivity index (χ2n) is 6.78. The third kappa shape index (κ3) is 5.32. The van der Waals surface area contributed by atoms with E-state index in [1.807, 2.05) is 79.7 Å². The fourth-order valence-electron chi connectivity index (χ4n) is 2.99. The number of nitrogens with zero attached hydrogens (tertiary/aromatic N) is 1. The Labute approximate surface area is 185 Å². The van der Waals surface area contributed by atoms with Crippen molar-refractivity contribution in [1.82, 2.24) is 0 Å². The minimum Gasteiger partial charge on any atom is -0.494 e. The number of carbonyl (C=O) groups excluding carboxylic acids is 1. The van der Waals surface area contributed by atoms with Crippen LogP contribution in [0.5, 0.6) is 11.5 Å². The Morgan fingerprint density at radius 2 is 1.74 bits per heavy atom. The molecule has 0 saturated heterocycles. The second kappa shape index (κ2) is 9.49. The van der Waals surface area contributed by atoms with Crippen molar-refractivity contribution in [3.05, 3.63) is 100 Å². The Morgan fingerprint density at radius 1 is 0.968 bits per heavy atom. The molecule has 0 atom stereocenters. The van der Waals surface area contributed by atoms with Crippen molar-refractivity contribution in [2.75, 3.05) is 6.61 Å². The highest BCUT2D eigenvalue weighted by Gasteiger charge is 2.24. The molecule has 0 aromatic heterocycles. The van der Waals surface area contributed by atoms with Gasteiger partial charge in [-0.05, 0) is 72.7 Å². The van der Waals surface area contributed by atoms with Gasteiger partial charge in [-0.15, -0.1) is 0 Å². The number of cyclic esters (lactones) is 1. The van der Waals surface area contributed by atoms with E-state index in [-0.39, 0.29) is 11.6 Å². The van der Waals surface area contributed by atoms with Gasteiger partial charge in [-0.2, -0.15) is 0 Å². The van der Waals surface area contributed by atoms with E-state index >= 15 is 0 Å². The quantitative estimate of drug-likeness (QED) is 0.356. The maximum Gasteiger partial charge on any atom is 0.363 e. The molecule has 1 aliphatic heterocycles. The zero-order chi connectivity index (χ0) is 21.6. The van der Waals surface area contributed by atoms with Crippen molar-refractivity contribution in [3.8, 4) is 11.5 Å². The number of hydrogen-bond donors (Lipinski definition) is 0. The van der Waals surface area contributed by atoms with Crippen LogP contribution in [0.25, 0.3) is 6.08 Å². The van der Waals surface area contributed by atoms with Crippen LogP contribution in [0.4, 0.5) is 0 Å². The average molecular weight is 434 g/mol. The van der Waals surface area contributed by atoms with Gasteiger partial charge in [0.05, 0.1) is 6.61 Å². The zero-order valence-electron chi connectivity index (χ0n) is 16.9. The number of hydrogen-bond acceptors (Lipinski definition) is 5. The van der Waals surface area contributed by atoms with Crippen LogP contribution in [0.2, 0.25) is 5.02 Å². The summed E-state index contributed by atoms with van der Waals surface area (Å²) in [5.41, 5.74) is 2.74. The first-order valence-corrected chi connectivity index (χ1v) is 10.2. The monoisotopic (exact) mass is 433 g/mol. The normalized spacial score (nSPS) is 14.3. The van der Waals surface area contributed by atoms with Crippen LogP contribution in [0.15, 0.2) is 83.5 Å². The molecule has 0 aliphatic carbocycles. The summed E-state index contributed by atoms with van der Waals surface area (Å²) in [6.07, 6.45) is 1.68. The summed E-state index contributed by atoms with van der Waals surface area (Å²) in [6, 6.07) is 22.2. The third-order valence-electron chi connectivity index (χ3n) is 4.51. The highest BCUT2D eigenvalue weighted by molar-refractivity contribution is 6.30. The Bertz CT molecular complexity index is 1130. The summed E-state index contributed by atoms with van der Waals surface area (Å²) in [5.74, 6) is 1.22. The summed E-state index contributed by atoms with van der Waals surface area (Å²) in [4.78, 5) is 16.6. The van der Waals surface area contributed by atoms with E-state index in [1.165, 1.54) is 0 Å². The van der Waals surface area contributed by atoms with Crippen molar-refractivity contribution in [1.29, 1.82) is 0 Å². The first kappa shape index (κ1) is 20.7. The number of ether oxygens (including phenoxy) is 3. The molecule has 0 amide bonds. The number of benzene rings is 3. The number of halogens is 1. The molecule has 1 aliphatic rings. The highest BCUT2D eigenvalue weighted by Crippen LogP contribution is 2.23. The zero-order valence-corrected chi connectivity index (χ0v) is 17.6. The largest absolute Gasteiger partial charge is 0.494 e. The Kier molecular flexibility index (Phi) is 6.34. The highest BCUT2D eigenvalue weighted by atomic mass is 35.5. The van der Waals surface area contributed by atoms with Crippen LogP contribution in [0.3, 0.4) is 0 Å². The summed E-state index contributed by atoms with van der Waals surface area (Å²) < 4.78 is 16.6. The fourth-order valence-corrected chi connectivity index (χ4v) is 3.12. The SMILES string of the molecule is CCOc1ccc(C2=N/C(=C/c3cccc(OCc4ccc(Cl)cc4)c3)C(=O)O2)cc1. The standard InChI is InChI=1S/C25H20ClNO4/c1-2-29-21-12-8-19(9-13-21)24-27-23(25(28)31-24)15-18-4-3-5-22(14-18)30-16-17-6-10-20(26)11-7-17/h3-15H,2,16H2,1H3/b23-15+. The first-order chi connectivity index (χ1) is 15.1. The molecule has 156 valence electrons. The van der Waals surface area contributed by atoms with Crippen LogP contribution in [0.1, 0.15) is 23.6 Å². The van der Waals surface area contributed by atoms with Gasteiger partial charge in [-0.3, -0.25) is 0 Å². The lowest BCUT2D eigenvalue weighted by Gasteiger charge is -2.07. The van der Waals surface area contributed by atoms with Gasteiger partial charge < -0.3 is 14.2 Å². The molecule has 31 heavy (non-hydrogen) atoms. The van der Waals surface area contributed by atoms with Gasteiger partial charge in [0.25, 0.3) is 0 Å². The molecule has 3 aromatic rings. The molecule has 1 heterocycles. The fraction of sp³-hybridized carbons (Fsp3) is 0.120. The van der Waals surface area contributed by atoms with E-state index in [0.717, 1.165) is 16.9 Å². The van der Waals surface area contributed by atoms with E-state index in [0.29, 0.717) is 29.5 Å². The molecule has 3 aromatic carbocycles. The molecule has 0 bridgehead atoms. The summed E-state index contributed by atoms with van der Waals surface area (Å²) in [6.45, 7) is 2.93. The lowest BCUT2D eigenvalue weighted by atomic mass is 10.2. The van der Waals surface area contributed by atoms with E-state index in [4.69, 9.17) is 25.8 Å². The van der Waals surface area contributed by atoms with Crippen molar-refractivity contribution >= 4 is 29.5 Å². The van der Waals surface area contributed by atoms with E-state index in [2.05, 4.69) is 4.99 Å². The lowest BCUT2D eigenvalue weighted by Crippen LogP contribution is -2.05. The molecule has 0 spiro atoms. The smallest absolute Gasteiger partial charge is 0.363 e. The molecule has 5 nitrogen and oxygen atoms in total. The lowest BCUT2D eigenvalue weighted by molar-refractivity contribution is -0.129. The van der Waals surface area contributed by atoms with Gasteiger partial charge >= 0.3 is 5.97 Å². The average Bonchev–Trinajstić information content (AvgIpc) is 3.14. The Balaban J connectivity index is 1.47. The molecular formula is C25H20ClNO4. The minimum absolute atomic E-state index is 0.235. The topological polar surface area (TPSA) is 57.1 Å². The summed E-state index contributed by atoms with van der Waals surface area (Å²) in [7, 11) is 0. The van der Waals surface area contributed by atoms with Crippen LogP contribution in [-0.2, 0) is 16.1 Å². The van der Waals surface area contributed by atoms with Gasteiger partial charge in [-0.1, -0.05) is 35.9 Å². The van der Waals surface area contributed by atoms with E-state index in [1.54, 1.807) is 6.08 Å². The number of carbonyl (C=O) groups is 1. The van der Waals surface area contributed by atoms with Crippen LogP contribution in [0, 0.1) is 0 Å². The predicted octanol–water partition coefficient (Wildman–Crippen LogP) is 5.66. The van der Waals surface area contributed by atoms with Crippen molar-refractivity contribution < 1.29 is 19.0 Å². The van der Waals surface area contributed by atoms with Gasteiger partial charge in [0.15, 0.2) is 5.70 Å². The van der Waals surface area contributed by atoms with E-state index in [9.17, 15) is 4.79 Å². The molecular weight excluding hydrogens is 414 g/mol. The first-order valence-electron chi connectivity index (χ1n) is 9.84. The molecule has 6 heteroatoms. The molecule has 0 radical (unpaired) electrons. The second-order valence-corrected chi connectivity index (χ2v) is 7.22. The maximum absolute atomic E-state index is 12.3. The summed E-state index contributed by atoms with van der Waals surface area (Å²) in [5, 5.41) is 0.686. The van der Waals surface area contributed by atoms with Crippen molar-refractivity contribution in [3.63, 3.8) is 0 Å². The maximum atomic E-state index is 12.3. The number of aliphatic imine (C=N–C) groups is 1. The van der Waals surface area contributed by atoms with E-state index < -0.39 is 5.97 Å². The summed E-state index contributed by atoms with van der Waals surface area (Å²) >= 11 is 5.91. The van der Waals surface area contributed by atoms with Crippen molar-refractivity contribution in [2.24, 2.45) is 4.99 Å². The molecule has 0 N–H and O–H groups in total. The van der Waals surface area contributed by atoms with Gasteiger partial charge in [0.1, 0.15) is 18.1 Å². The predicted molar refractivity (Wildman–Crippen MR) is 120 cm³/mol. The molecule has 0 fully saturated rings. The molecule has 0 unspecified atom stereocenters. The Hall–Kier alpha value is -3.57. The molecule has 4 rings (SSSR count). The van der Waals surface area contributed by atoms with Crippen molar-refractivity contribution in [2.45, 2.75) is 13.5 Å². The molecule has 0 saturated carbocycles. The van der Waals surface area contributed by atoms with Gasteiger partial charge in [-0.25, -0.2) is 9.79 Å². The number of rotatable bonds is 7. The third-order valence-corrected chi connectivity index (χ3v) is 4.76.